The van der Waals surface area contributed by atoms with Crippen molar-refractivity contribution in [2.24, 2.45) is 0 Å². The molecule has 4 heterocycles. The van der Waals surface area contributed by atoms with E-state index < -0.39 is 4.92 Å². The molecule has 0 aliphatic carbocycles. The molecule has 0 bridgehead atoms. The molecule has 0 N–H and O–H groups in total. The number of rotatable bonds is 7. The van der Waals surface area contributed by atoms with Crippen LogP contribution in [0.5, 0.6) is 23.0 Å². The summed E-state index contributed by atoms with van der Waals surface area (Å²) in [5, 5.41) is 13.1. The maximum Gasteiger partial charge on any atom is 0.269 e. The number of methoxy groups -OCH3 is 1. The Labute approximate surface area is 263 Å². The Morgan fingerprint density at radius 1 is 1.02 bits per heavy atom. The van der Waals surface area contributed by atoms with Gasteiger partial charge in [0, 0.05) is 31.2 Å². The van der Waals surface area contributed by atoms with E-state index in [-0.39, 0.29) is 31.5 Å². The van der Waals surface area contributed by atoms with Crippen molar-refractivity contribution in [3.05, 3.63) is 112 Å². The molecule has 0 unspecified atom stereocenters. The van der Waals surface area contributed by atoms with Gasteiger partial charge in [0.15, 0.2) is 35.7 Å². The highest BCUT2D eigenvalue weighted by molar-refractivity contribution is 5.92. The van der Waals surface area contributed by atoms with Crippen molar-refractivity contribution < 1.29 is 40.8 Å². The van der Waals surface area contributed by atoms with Crippen LogP contribution in [0.15, 0.2) is 85.1 Å². The van der Waals surface area contributed by atoms with Gasteiger partial charge in [0.1, 0.15) is 12.4 Å². The molecule has 0 atom stereocenters. The molecule has 6 aromatic rings. The van der Waals surface area contributed by atoms with Crippen LogP contribution in [0.3, 0.4) is 0 Å². The molecule has 4 aromatic carbocycles. The summed E-state index contributed by atoms with van der Waals surface area (Å²) in [7, 11) is 1.64. The van der Waals surface area contributed by atoms with Crippen molar-refractivity contribution in [1.82, 2.24) is 9.55 Å². The van der Waals surface area contributed by atoms with Gasteiger partial charge >= 0.3 is 0 Å². The zero-order chi connectivity index (χ0) is 29.8. The Balaban J connectivity index is 0.00000325. The number of aryl methyl sites for hydroxylation is 2. The van der Waals surface area contributed by atoms with Crippen LogP contribution in [0.25, 0.3) is 33.1 Å². The fourth-order valence-electron chi connectivity index (χ4n) is 6.16. The number of nitrogens with zero attached hydrogens (tertiary/aromatic N) is 4. The summed E-state index contributed by atoms with van der Waals surface area (Å²) in [6.45, 7) is 1.76. The van der Waals surface area contributed by atoms with Crippen molar-refractivity contribution in [3.8, 4) is 34.3 Å². The number of ether oxygens (including phenoxy) is 4. The predicted octanol–water partition coefficient (Wildman–Crippen LogP) is 2.98. The van der Waals surface area contributed by atoms with Crippen molar-refractivity contribution in [1.29, 1.82) is 0 Å². The van der Waals surface area contributed by atoms with Crippen LogP contribution in [0.4, 0.5) is 5.69 Å². The van der Waals surface area contributed by atoms with Crippen LogP contribution >= 0.6 is 0 Å². The summed E-state index contributed by atoms with van der Waals surface area (Å²) >= 11 is 0. The molecule has 2 aliphatic rings. The first kappa shape index (κ1) is 28.4. The first-order valence-electron chi connectivity index (χ1n) is 14.3. The molecule has 226 valence electrons. The predicted molar refractivity (Wildman–Crippen MR) is 162 cm³/mol. The third kappa shape index (κ3) is 4.93. The molecule has 0 saturated carbocycles. The van der Waals surface area contributed by atoms with E-state index in [1.54, 1.807) is 19.2 Å². The van der Waals surface area contributed by atoms with Gasteiger partial charge in [-0.1, -0.05) is 24.3 Å². The topological polar surface area (TPSA) is 102 Å². The summed E-state index contributed by atoms with van der Waals surface area (Å²) in [6.07, 6.45) is 3.01. The maximum atomic E-state index is 11.2. The van der Waals surface area contributed by atoms with Crippen LogP contribution in [0.1, 0.15) is 17.0 Å². The van der Waals surface area contributed by atoms with Gasteiger partial charge in [-0.05, 0) is 52.9 Å². The molecular formula is C34H27ClN4O6. The number of hydrogen-bond acceptors (Lipinski definition) is 7. The van der Waals surface area contributed by atoms with Gasteiger partial charge in [0.05, 0.1) is 34.0 Å². The van der Waals surface area contributed by atoms with E-state index in [9.17, 15) is 10.1 Å². The highest BCUT2D eigenvalue weighted by atomic mass is 35.5. The second-order valence-electron chi connectivity index (χ2n) is 10.9. The molecule has 0 fully saturated rings. The lowest BCUT2D eigenvalue weighted by molar-refractivity contribution is -0.686. The fraction of sp³-hybridized carbons (Fsp3) is 0.176. The number of para-hydroxylation sites is 2. The number of pyridine rings is 1. The number of imidazole rings is 1. The first-order valence-corrected chi connectivity index (χ1v) is 14.3. The number of non-ortho nitro benzene ring substituents is 1. The molecule has 10 nitrogen and oxygen atoms in total. The van der Waals surface area contributed by atoms with Gasteiger partial charge in [-0.15, -0.1) is 0 Å². The summed E-state index contributed by atoms with van der Waals surface area (Å²) in [5.74, 6) is 3.59. The van der Waals surface area contributed by atoms with E-state index in [4.69, 9.17) is 23.9 Å². The van der Waals surface area contributed by atoms with Crippen molar-refractivity contribution in [2.45, 2.75) is 26.1 Å². The molecule has 45 heavy (non-hydrogen) atoms. The SMILES string of the molecule is COc1ccc2cc3[n+](cc2c1OCc1nc2ccccc2n1Cc1ccc([N+](=O)[O-])cc1)CCc1cc2c(cc1-3)OCO2.[Cl-]. The number of benzene rings is 4. The monoisotopic (exact) mass is 622 g/mol. The van der Waals surface area contributed by atoms with Crippen LogP contribution in [-0.4, -0.2) is 28.4 Å². The second-order valence-corrected chi connectivity index (χ2v) is 10.9. The van der Waals surface area contributed by atoms with Gasteiger partial charge in [0.2, 0.25) is 12.5 Å². The van der Waals surface area contributed by atoms with Crippen molar-refractivity contribution >= 4 is 27.5 Å². The zero-order valence-corrected chi connectivity index (χ0v) is 25.0. The fourth-order valence-corrected chi connectivity index (χ4v) is 6.16. The lowest BCUT2D eigenvalue weighted by Gasteiger charge is -2.18. The van der Waals surface area contributed by atoms with Gasteiger partial charge in [-0.2, -0.15) is 4.57 Å². The van der Waals surface area contributed by atoms with Gasteiger partial charge < -0.3 is 35.9 Å². The van der Waals surface area contributed by atoms with E-state index in [1.165, 1.54) is 17.7 Å². The lowest BCUT2D eigenvalue weighted by atomic mass is 9.95. The Morgan fingerprint density at radius 3 is 2.62 bits per heavy atom. The van der Waals surface area contributed by atoms with Crippen LogP contribution in [0.2, 0.25) is 0 Å². The van der Waals surface area contributed by atoms with Gasteiger partial charge in [-0.25, -0.2) is 4.98 Å². The average molecular weight is 623 g/mol. The molecule has 0 spiro atoms. The summed E-state index contributed by atoms with van der Waals surface area (Å²) in [4.78, 5) is 15.6. The average Bonchev–Trinajstić information content (AvgIpc) is 3.65. The highest BCUT2D eigenvalue weighted by Crippen LogP contribution is 2.42. The van der Waals surface area contributed by atoms with Crippen LogP contribution in [-0.2, 0) is 26.1 Å². The van der Waals surface area contributed by atoms with E-state index >= 15 is 0 Å². The van der Waals surface area contributed by atoms with Crippen molar-refractivity contribution in [2.75, 3.05) is 13.9 Å². The highest BCUT2D eigenvalue weighted by Gasteiger charge is 2.29. The van der Waals surface area contributed by atoms with Gasteiger partial charge in [-0.3, -0.25) is 10.1 Å². The van der Waals surface area contributed by atoms with E-state index in [2.05, 4.69) is 33.5 Å². The summed E-state index contributed by atoms with van der Waals surface area (Å²) in [5.41, 5.74) is 6.28. The normalized spacial score (nSPS) is 12.8. The van der Waals surface area contributed by atoms with E-state index in [1.807, 2.05) is 36.4 Å². The quantitative estimate of drug-likeness (QED) is 0.153. The smallest absolute Gasteiger partial charge is 0.269 e. The molecule has 11 heteroatoms. The number of nitro benzene ring substituents is 1. The summed E-state index contributed by atoms with van der Waals surface area (Å²) in [6, 6.07) is 24.8. The van der Waals surface area contributed by atoms with Crippen molar-refractivity contribution in [3.63, 3.8) is 0 Å². The van der Waals surface area contributed by atoms with Gasteiger partial charge in [0.25, 0.3) is 5.69 Å². The Morgan fingerprint density at radius 2 is 1.82 bits per heavy atom. The van der Waals surface area contributed by atoms with E-state index in [0.29, 0.717) is 18.0 Å². The number of nitro groups is 1. The van der Waals surface area contributed by atoms with Crippen LogP contribution in [0, 0.1) is 10.1 Å². The molecule has 0 radical (unpaired) electrons. The Kier molecular flexibility index (Phi) is 7.13. The number of fused-ring (bicyclic) bond motifs is 6. The molecular weight excluding hydrogens is 596 g/mol. The molecule has 0 saturated heterocycles. The Hall–Kier alpha value is -5.35. The van der Waals surface area contributed by atoms with Crippen LogP contribution < -0.4 is 35.9 Å². The standard InChI is InChI=1S/C34H27N4O6.ClH/c1-41-30-11-8-22-14-29-25-16-32-31(43-20-44-32)15-23(25)12-13-36(29)18-26(22)34(30)42-19-33-35-27-4-2-3-5-28(27)37(33)17-21-6-9-24(10-7-21)38(39)40;/h2-11,14-16,18H,12-13,17,19-20H2,1H3;1H/q+1;/p-1. The number of aromatic nitrogens is 3. The number of halogens is 1. The largest absolute Gasteiger partial charge is 1.00 e. The molecule has 8 rings (SSSR count). The first-order chi connectivity index (χ1) is 21.6. The minimum Gasteiger partial charge on any atom is -1.00 e. The Bertz CT molecular complexity index is 2110. The minimum atomic E-state index is -0.392. The zero-order valence-electron chi connectivity index (χ0n) is 24.2. The number of hydrogen-bond donors (Lipinski definition) is 0. The van der Waals surface area contributed by atoms with E-state index in [0.717, 1.165) is 68.9 Å². The maximum absolute atomic E-state index is 11.2. The molecule has 2 aliphatic heterocycles. The minimum absolute atomic E-state index is 0. The summed E-state index contributed by atoms with van der Waals surface area (Å²) < 4.78 is 27.9. The third-order valence-electron chi connectivity index (χ3n) is 8.36. The molecule has 0 amide bonds. The second kappa shape index (κ2) is 11.3. The third-order valence-corrected chi connectivity index (χ3v) is 8.36. The molecule has 2 aromatic heterocycles. The lowest BCUT2D eigenvalue weighted by Crippen LogP contribution is -3.00.